The highest BCUT2D eigenvalue weighted by atomic mass is 19.1. The second-order valence-corrected chi connectivity index (χ2v) is 8.78. The van der Waals surface area contributed by atoms with E-state index in [9.17, 15) is 14.3 Å². The van der Waals surface area contributed by atoms with Crippen LogP contribution < -0.4 is 4.74 Å². The lowest BCUT2D eigenvalue weighted by atomic mass is 9.66. The van der Waals surface area contributed by atoms with Crippen molar-refractivity contribution in [2.45, 2.75) is 58.9 Å². The Morgan fingerprint density at radius 1 is 1.29 bits per heavy atom. The van der Waals surface area contributed by atoms with Crippen LogP contribution in [0, 0.1) is 5.41 Å². The molecule has 3 aromatic rings. The highest BCUT2D eigenvalue weighted by molar-refractivity contribution is 6.00. The number of carbonyl (C=O) groups excluding carboxylic acids is 1. The summed E-state index contributed by atoms with van der Waals surface area (Å²) < 4.78 is 20.3. The van der Waals surface area contributed by atoms with Gasteiger partial charge in [-0.2, -0.15) is 5.10 Å². The third-order valence-corrected chi connectivity index (χ3v) is 6.05. The largest absolute Gasteiger partial charge is 0.461 e. The summed E-state index contributed by atoms with van der Waals surface area (Å²) in [6.07, 6.45) is 3.33. The van der Waals surface area contributed by atoms with Crippen molar-refractivity contribution in [3.05, 3.63) is 42.1 Å². The molecule has 7 heteroatoms. The Hall–Kier alpha value is -2.80. The van der Waals surface area contributed by atoms with Gasteiger partial charge in [0.1, 0.15) is 17.0 Å². The van der Waals surface area contributed by atoms with E-state index in [1.807, 2.05) is 30.7 Å². The van der Waals surface area contributed by atoms with Crippen molar-refractivity contribution in [3.63, 3.8) is 0 Å². The van der Waals surface area contributed by atoms with Crippen LogP contribution in [-0.2, 0) is 0 Å². The molecular weight excluding hydrogens is 397 g/mol. The number of aliphatic hydroxyl groups is 1. The Bertz CT molecular complexity index is 1100. The van der Waals surface area contributed by atoms with Crippen LogP contribution in [0.4, 0.5) is 4.39 Å². The van der Waals surface area contributed by atoms with E-state index >= 15 is 0 Å². The fourth-order valence-electron chi connectivity index (χ4n) is 4.17. The number of Topliss-reactive ketones (excluding diaryl/α,β-unsaturated/α-hetero) is 1. The molecule has 2 aromatic heterocycles. The number of benzene rings is 1. The van der Waals surface area contributed by atoms with E-state index in [2.05, 4.69) is 4.98 Å². The van der Waals surface area contributed by atoms with E-state index in [0.717, 1.165) is 30.3 Å². The molecule has 6 nitrogen and oxygen atoms in total. The van der Waals surface area contributed by atoms with Gasteiger partial charge in [0.05, 0.1) is 5.52 Å². The lowest BCUT2D eigenvalue weighted by Gasteiger charge is -2.39. The molecule has 0 amide bonds. The van der Waals surface area contributed by atoms with Gasteiger partial charge in [-0.15, -0.1) is 0 Å². The molecule has 4 rings (SSSR count). The number of hydrogen-bond acceptors (Lipinski definition) is 5. The summed E-state index contributed by atoms with van der Waals surface area (Å²) in [6, 6.07) is 9.01. The van der Waals surface area contributed by atoms with Gasteiger partial charge in [-0.25, -0.2) is 4.39 Å². The quantitative estimate of drug-likeness (QED) is 0.508. The van der Waals surface area contributed by atoms with Crippen LogP contribution in [0.2, 0.25) is 0 Å². The summed E-state index contributed by atoms with van der Waals surface area (Å²) in [4.78, 5) is 17.5. The van der Waals surface area contributed by atoms with Gasteiger partial charge in [-0.1, -0.05) is 18.6 Å². The highest BCUT2D eigenvalue weighted by Crippen LogP contribution is 2.44. The molecule has 1 unspecified atom stereocenters. The predicted molar refractivity (Wildman–Crippen MR) is 117 cm³/mol. The van der Waals surface area contributed by atoms with Gasteiger partial charge < -0.3 is 9.84 Å². The van der Waals surface area contributed by atoms with Crippen LogP contribution in [0.3, 0.4) is 0 Å². The van der Waals surface area contributed by atoms with E-state index in [1.54, 1.807) is 24.4 Å². The lowest BCUT2D eigenvalue weighted by molar-refractivity contribution is 0.0340. The molecular formula is C24H28FN3O3. The predicted octanol–water partition coefficient (Wildman–Crippen LogP) is 5.11. The van der Waals surface area contributed by atoms with Gasteiger partial charge in [0.2, 0.25) is 6.36 Å². The maximum atomic E-state index is 13.3. The SMILES string of the molecule is CC(F)Oc1cccc(-c2nn(C(C)C)c3cc(C(=O)CC4(CO)CCC4)cnc23)c1. The number of alkyl halides is 1. The molecule has 164 valence electrons. The van der Waals surface area contributed by atoms with Crippen LogP contribution in [-0.4, -0.2) is 38.6 Å². The molecule has 1 fully saturated rings. The minimum Gasteiger partial charge on any atom is -0.461 e. The van der Waals surface area contributed by atoms with E-state index in [1.165, 1.54) is 6.92 Å². The van der Waals surface area contributed by atoms with Gasteiger partial charge in [0.25, 0.3) is 0 Å². The molecule has 0 spiro atoms. The minimum absolute atomic E-state index is 0.00598. The first-order chi connectivity index (χ1) is 14.8. The molecule has 1 saturated carbocycles. The monoisotopic (exact) mass is 425 g/mol. The van der Waals surface area contributed by atoms with E-state index < -0.39 is 6.36 Å². The first-order valence-electron chi connectivity index (χ1n) is 10.8. The van der Waals surface area contributed by atoms with Gasteiger partial charge in [-0.05, 0) is 44.9 Å². The number of ketones is 1. The number of nitrogens with zero attached hydrogens (tertiary/aromatic N) is 3. The van der Waals surface area contributed by atoms with Crippen molar-refractivity contribution in [1.29, 1.82) is 0 Å². The fourth-order valence-corrected chi connectivity index (χ4v) is 4.17. The number of hydrogen-bond donors (Lipinski definition) is 1. The standard InChI is InChI=1S/C24H28FN3O3/c1-15(2)28-20-11-18(21(30)12-24(14-29)8-5-9-24)13-26-23(20)22(27-28)17-6-4-7-19(10-17)31-16(3)25/h4,6-7,10-11,13,15-16,29H,5,8-9,12,14H2,1-3H3. The summed E-state index contributed by atoms with van der Waals surface area (Å²) >= 11 is 0. The second-order valence-electron chi connectivity index (χ2n) is 8.78. The third-order valence-electron chi connectivity index (χ3n) is 6.05. The number of carbonyl (C=O) groups is 1. The van der Waals surface area contributed by atoms with Crippen molar-refractivity contribution in [2.24, 2.45) is 5.41 Å². The number of aliphatic hydroxyl groups excluding tert-OH is 1. The summed E-state index contributed by atoms with van der Waals surface area (Å²) in [5.74, 6) is 0.412. The van der Waals surface area contributed by atoms with Crippen LogP contribution in [0.1, 0.15) is 62.9 Å². The molecule has 1 atom stereocenters. The molecule has 0 bridgehead atoms. The Balaban J connectivity index is 1.73. The van der Waals surface area contributed by atoms with Gasteiger partial charge in [-0.3, -0.25) is 14.5 Å². The smallest absolute Gasteiger partial charge is 0.235 e. The number of ether oxygens (including phenoxy) is 1. The van der Waals surface area contributed by atoms with Gasteiger partial charge >= 0.3 is 0 Å². The van der Waals surface area contributed by atoms with Crippen LogP contribution in [0.15, 0.2) is 36.5 Å². The average Bonchev–Trinajstić information content (AvgIpc) is 3.09. The maximum Gasteiger partial charge on any atom is 0.235 e. The lowest BCUT2D eigenvalue weighted by Crippen LogP contribution is -2.35. The topological polar surface area (TPSA) is 77.2 Å². The van der Waals surface area contributed by atoms with Crippen molar-refractivity contribution in [2.75, 3.05) is 6.61 Å². The molecule has 31 heavy (non-hydrogen) atoms. The number of rotatable bonds is 8. The number of fused-ring (bicyclic) bond motifs is 1. The first kappa shape index (κ1) is 21.4. The van der Waals surface area contributed by atoms with Crippen molar-refractivity contribution < 1.29 is 19.0 Å². The van der Waals surface area contributed by atoms with E-state index in [0.29, 0.717) is 28.9 Å². The van der Waals surface area contributed by atoms with Crippen molar-refractivity contribution >= 4 is 16.8 Å². The number of halogens is 1. The van der Waals surface area contributed by atoms with Crippen molar-refractivity contribution in [1.82, 2.24) is 14.8 Å². The molecule has 2 heterocycles. The summed E-state index contributed by atoms with van der Waals surface area (Å²) in [6.45, 7) is 5.41. The van der Waals surface area contributed by atoms with Gasteiger partial charge in [0.15, 0.2) is 5.78 Å². The average molecular weight is 426 g/mol. The van der Waals surface area contributed by atoms with Crippen LogP contribution >= 0.6 is 0 Å². The fraction of sp³-hybridized carbons (Fsp3) is 0.458. The Kier molecular flexibility index (Phi) is 5.79. The summed E-state index contributed by atoms with van der Waals surface area (Å²) in [7, 11) is 0. The van der Waals surface area contributed by atoms with Gasteiger partial charge in [0, 0.05) is 48.7 Å². The molecule has 0 saturated heterocycles. The maximum absolute atomic E-state index is 13.3. The normalized spacial score (nSPS) is 16.3. The zero-order valence-electron chi connectivity index (χ0n) is 18.1. The number of aromatic nitrogens is 3. The van der Waals surface area contributed by atoms with E-state index in [4.69, 9.17) is 9.84 Å². The molecule has 0 aliphatic heterocycles. The van der Waals surface area contributed by atoms with Crippen LogP contribution in [0.5, 0.6) is 5.75 Å². The molecule has 1 aliphatic rings. The van der Waals surface area contributed by atoms with E-state index in [-0.39, 0.29) is 23.8 Å². The zero-order valence-corrected chi connectivity index (χ0v) is 18.1. The highest BCUT2D eigenvalue weighted by Gasteiger charge is 2.38. The third kappa shape index (κ3) is 4.19. The Labute approximate surface area is 181 Å². The minimum atomic E-state index is -1.41. The molecule has 1 N–H and O–H groups in total. The van der Waals surface area contributed by atoms with Crippen molar-refractivity contribution in [3.8, 4) is 17.0 Å². The molecule has 1 aromatic carbocycles. The number of pyridine rings is 1. The summed E-state index contributed by atoms with van der Waals surface area (Å²) in [5.41, 5.74) is 3.13. The Morgan fingerprint density at radius 2 is 2.06 bits per heavy atom. The molecule has 1 aliphatic carbocycles. The zero-order chi connectivity index (χ0) is 22.2. The van der Waals surface area contributed by atoms with Crippen LogP contribution in [0.25, 0.3) is 22.3 Å². The Morgan fingerprint density at radius 3 is 2.68 bits per heavy atom. The first-order valence-corrected chi connectivity index (χ1v) is 10.8. The molecule has 0 radical (unpaired) electrons. The second kappa shape index (κ2) is 8.38. The summed E-state index contributed by atoms with van der Waals surface area (Å²) in [5, 5.41) is 14.5.